The molecule has 1 heterocycles. The third-order valence-electron chi connectivity index (χ3n) is 5.32. The maximum Gasteiger partial charge on any atom is 0.407 e. The number of fused-ring (bicyclic) bond motifs is 3. The van der Waals surface area contributed by atoms with Gasteiger partial charge in [0.25, 0.3) is 0 Å². The number of aliphatic hydroxyl groups excluding tert-OH is 2. The quantitative estimate of drug-likeness (QED) is 0.520. The molecule has 2 unspecified atom stereocenters. The Hall–Kier alpha value is -3.42. The first-order valence-electron chi connectivity index (χ1n) is 9.57. The first-order chi connectivity index (χ1) is 14.6. The number of rotatable bonds is 7. The van der Waals surface area contributed by atoms with E-state index in [-0.39, 0.29) is 30.4 Å². The molecule has 3 aromatic rings. The molecule has 0 saturated heterocycles. The van der Waals surface area contributed by atoms with Crippen LogP contribution in [0.1, 0.15) is 39.3 Å². The van der Waals surface area contributed by atoms with E-state index in [1.54, 1.807) is 0 Å². The van der Waals surface area contributed by atoms with Crippen LogP contribution in [0.5, 0.6) is 0 Å². The highest BCUT2D eigenvalue weighted by molar-refractivity contribution is 5.79. The molecule has 2 aromatic carbocycles. The number of aldehydes is 1. The zero-order valence-electron chi connectivity index (χ0n) is 16.0. The van der Waals surface area contributed by atoms with E-state index < -0.39 is 18.3 Å². The summed E-state index contributed by atoms with van der Waals surface area (Å²) in [4.78, 5) is 23.1. The van der Waals surface area contributed by atoms with Crippen LogP contribution in [0.15, 0.2) is 65.3 Å². The monoisotopic (exact) mass is 407 g/mol. The first-order valence-corrected chi connectivity index (χ1v) is 9.57. The number of amides is 1. The highest BCUT2D eigenvalue weighted by atomic mass is 16.5. The summed E-state index contributed by atoms with van der Waals surface area (Å²) < 4.78 is 10.3. The largest absolute Gasteiger partial charge is 0.461 e. The zero-order valence-corrected chi connectivity index (χ0v) is 16.0. The lowest BCUT2D eigenvalue weighted by molar-refractivity contribution is 0.0177. The van der Waals surface area contributed by atoms with Crippen molar-refractivity contribution in [3.63, 3.8) is 0 Å². The van der Waals surface area contributed by atoms with Crippen molar-refractivity contribution in [2.75, 3.05) is 13.2 Å². The van der Waals surface area contributed by atoms with Crippen molar-refractivity contribution < 1.29 is 29.0 Å². The number of nitrogens with one attached hydrogen (secondary N) is 1. The van der Waals surface area contributed by atoms with E-state index >= 15 is 0 Å². The van der Waals surface area contributed by atoms with E-state index in [1.807, 2.05) is 36.4 Å². The molecule has 7 heteroatoms. The number of ether oxygens (including phenoxy) is 1. The van der Waals surface area contributed by atoms with Crippen molar-refractivity contribution in [3.8, 4) is 11.1 Å². The third kappa shape index (κ3) is 3.72. The van der Waals surface area contributed by atoms with Crippen molar-refractivity contribution in [1.29, 1.82) is 0 Å². The lowest BCUT2D eigenvalue weighted by Gasteiger charge is -2.18. The Bertz CT molecular complexity index is 1010. The Kier molecular flexibility index (Phi) is 5.65. The molecule has 1 aliphatic rings. The predicted octanol–water partition coefficient (Wildman–Crippen LogP) is 3.03. The molecule has 4 rings (SSSR count). The molecule has 1 amide bonds. The number of carbonyl (C=O) groups is 2. The van der Waals surface area contributed by atoms with Gasteiger partial charge in [0.2, 0.25) is 0 Å². The topological polar surface area (TPSA) is 109 Å². The van der Waals surface area contributed by atoms with Crippen LogP contribution in [0.3, 0.4) is 0 Å². The van der Waals surface area contributed by atoms with Gasteiger partial charge in [0.05, 0.1) is 6.26 Å². The van der Waals surface area contributed by atoms with Crippen LogP contribution < -0.4 is 5.32 Å². The van der Waals surface area contributed by atoms with Gasteiger partial charge in [-0.25, -0.2) is 4.79 Å². The molecule has 1 aliphatic carbocycles. The predicted molar refractivity (Wildman–Crippen MR) is 108 cm³/mol. The van der Waals surface area contributed by atoms with Crippen molar-refractivity contribution in [3.05, 3.63) is 83.3 Å². The Labute approximate surface area is 172 Å². The number of benzene rings is 2. The van der Waals surface area contributed by atoms with E-state index in [1.165, 1.54) is 12.3 Å². The van der Waals surface area contributed by atoms with E-state index in [2.05, 4.69) is 17.4 Å². The van der Waals surface area contributed by atoms with Crippen molar-refractivity contribution in [1.82, 2.24) is 5.32 Å². The van der Waals surface area contributed by atoms with Gasteiger partial charge < -0.3 is 24.7 Å². The highest BCUT2D eigenvalue weighted by Crippen LogP contribution is 2.44. The molecule has 0 fully saturated rings. The minimum absolute atomic E-state index is 0.0670. The molecule has 3 N–H and O–H groups in total. The summed E-state index contributed by atoms with van der Waals surface area (Å²) in [7, 11) is 0. The highest BCUT2D eigenvalue weighted by Gasteiger charge is 2.29. The van der Waals surface area contributed by atoms with Crippen LogP contribution in [0.4, 0.5) is 4.79 Å². The second-order valence-electron chi connectivity index (χ2n) is 7.08. The minimum atomic E-state index is -1.38. The SMILES string of the molecule is O=Cc1occc1C(O)C(O)CNC(=O)OCC1c2ccccc2-c2ccccc21. The molecule has 0 saturated carbocycles. The fourth-order valence-corrected chi connectivity index (χ4v) is 3.83. The summed E-state index contributed by atoms with van der Waals surface area (Å²) in [6.45, 7) is -0.100. The molecule has 1 aromatic heterocycles. The van der Waals surface area contributed by atoms with E-state index in [9.17, 15) is 19.8 Å². The fraction of sp³-hybridized carbons (Fsp3) is 0.217. The van der Waals surface area contributed by atoms with E-state index in [0.29, 0.717) is 6.29 Å². The Morgan fingerprint density at radius 2 is 1.70 bits per heavy atom. The van der Waals surface area contributed by atoms with Gasteiger partial charge in [0, 0.05) is 18.0 Å². The van der Waals surface area contributed by atoms with Crippen LogP contribution in [-0.4, -0.2) is 41.8 Å². The second-order valence-corrected chi connectivity index (χ2v) is 7.08. The van der Waals surface area contributed by atoms with Gasteiger partial charge in [0.1, 0.15) is 18.8 Å². The standard InChI is InChI=1S/C23H21NO6/c25-12-21-18(9-10-29-21)22(27)20(26)11-24-23(28)30-13-19-16-7-3-1-5-14(16)15-6-2-4-8-17(15)19/h1-10,12,19-20,22,26-27H,11,13H2,(H,24,28). The molecule has 30 heavy (non-hydrogen) atoms. The van der Waals surface area contributed by atoms with Gasteiger partial charge >= 0.3 is 6.09 Å². The van der Waals surface area contributed by atoms with Gasteiger partial charge in [0.15, 0.2) is 12.0 Å². The third-order valence-corrected chi connectivity index (χ3v) is 5.32. The molecular weight excluding hydrogens is 386 g/mol. The van der Waals surface area contributed by atoms with Crippen LogP contribution >= 0.6 is 0 Å². The molecule has 2 atom stereocenters. The Morgan fingerprint density at radius 1 is 1.07 bits per heavy atom. The fourth-order valence-electron chi connectivity index (χ4n) is 3.83. The van der Waals surface area contributed by atoms with Crippen LogP contribution in [-0.2, 0) is 4.74 Å². The van der Waals surface area contributed by atoms with Gasteiger partial charge in [-0.3, -0.25) is 4.79 Å². The van der Waals surface area contributed by atoms with Gasteiger partial charge in [-0.2, -0.15) is 0 Å². The number of hydrogen-bond donors (Lipinski definition) is 3. The number of hydrogen-bond acceptors (Lipinski definition) is 6. The van der Waals surface area contributed by atoms with E-state index in [0.717, 1.165) is 22.3 Å². The number of carbonyl (C=O) groups excluding carboxylic acids is 2. The molecule has 0 bridgehead atoms. The molecule has 7 nitrogen and oxygen atoms in total. The normalized spacial score (nSPS) is 14.5. The Balaban J connectivity index is 1.35. The molecule has 0 spiro atoms. The molecular formula is C23H21NO6. The minimum Gasteiger partial charge on any atom is -0.461 e. The van der Waals surface area contributed by atoms with Crippen LogP contribution in [0.2, 0.25) is 0 Å². The maximum atomic E-state index is 12.2. The average Bonchev–Trinajstić information content (AvgIpc) is 3.38. The molecule has 0 aliphatic heterocycles. The summed E-state index contributed by atoms with van der Waals surface area (Å²) in [6.07, 6.45) is -1.72. The van der Waals surface area contributed by atoms with Gasteiger partial charge in [-0.05, 0) is 28.3 Å². The summed E-state index contributed by atoms with van der Waals surface area (Å²) >= 11 is 0. The second kappa shape index (κ2) is 8.52. The van der Waals surface area contributed by atoms with Crippen molar-refractivity contribution in [2.45, 2.75) is 18.1 Å². The van der Waals surface area contributed by atoms with E-state index in [4.69, 9.17) is 9.15 Å². The van der Waals surface area contributed by atoms with Crippen LogP contribution in [0, 0.1) is 0 Å². The average molecular weight is 407 g/mol. The lowest BCUT2D eigenvalue weighted by atomic mass is 9.98. The maximum absolute atomic E-state index is 12.2. The Morgan fingerprint density at radius 3 is 2.33 bits per heavy atom. The summed E-state index contributed by atoms with van der Waals surface area (Å²) in [5.74, 6) is -0.137. The van der Waals surface area contributed by atoms with Gasteiger partial charge in [-0.1, -0.05) is 48.5 Å². The lowest BCUT2D eigenvalue weighted by Crippen LogP contribution is -2.36. The summed E-state index contributed by atoms with van der Waals surface area (Å²) in [5.41, 5.74) is 4.62. The first kappa shape index (κ1) is 19.9. The smallest absolute Gasteiger partial charge is 0.407 e. The zero-order chi connectivity index (χ0) is 21.1. The summed E-state index contributed by atoms with van der Waals surface area (Å²) in [6, 6.07) is 17.4. The molecule has 0 radical (unpaired) electrons. The molecule has 154 valence electrons. The number of alkyl carbamates (subject to hydrolysis) is 1. The summed E-state index contributed by atoms with van der Waals surface area (Å²) in [5, 5.41) is 22.7. The van der Waals surface area contributed by atoms with Crippen molar-refractivity contribution >= 4 is 12.4 Å². The van der Waals surface area contributed by atoms with Gasteiger partial charge in [-0.15, -0.1) is 0 Å². The van der Waals surface area contributed by atoms with Crippen molar-refractivity contribution in [2.24, 2.45) is 0 Å². The number of furan rings is 1. The number of aliphatic hydroxyl groups is 2. The van der Waals surface area contributed by atoms with Crippen LogP contribution in [0.25, 0.3) is 11.1 Å².